The van der Waals surface area contributed by atoms with Crippen molar-refractivity contribution in [2.24, 2.45) is 5.41 Å². The first kappa shape index (κ1) is 24.5. The van der Waals surface area contributed by atoms with Crippen molar-refractivity contribution >= 4 is 28.6 Å². The molecular formula is C25H27F3N2O3S. The average Bonchev–Trinajstić information content (AvgIpc) is 3.34. The van der Waals surface area contributed by atoms with Crippen LogP contribution in [-0.2, 0) is 29.0 Å². The highest BCUT2D eigenvalue weighted by Crippen LogP contribution is 2.46. The molecule has 1 aromatic heterocycles. The van der Waals surface area contributed by atoms with Crippen molar-refractivity contribution < 1.29 is 27.8 Å². The molecule has 182 valence electrons. The molecule has 0 spiro atoms. The molecule has 0 bridgehead atoms. The van der Waals surface area contributed by atoms with Crippen LogP contribution >= 0.6 is 11.3 Å². The van der Waals surface area contributed by atoms with Gasteiger partial charge in [-0.25, -0.2) is 9.78 Å². The van der Waals surface area contributed by atoms with Crippen LogP contribution in [0.25, 0.3) is 5.57 Å². The van der Waals surface area contributed by atoms with Gasteiger partial charge in [-0.15, -0.1) is 11.3 Å². The summed E-state index contributed by atoms with van der Waals surface area (Å²) in [4.78, 5) is 18.7. The number of allylic oxidation sites excluding steroid dienone is 4. The van der Waals surface area contributed by atoms with Crippen molar-refractivity contribution in [2.75, 3.05) is 24.6 Å². The molecule has 5 nitrogen and oxygen atoms in total. The lowest BCUT2D eigenvalue weighted by Crippen LogP contribution is -2.33. The number of thiazole rings is 1. The average molecular weight is 493 g/mol. The van der Waals surface area contributed by atoms with Gasteiger partial charge in [-0.1, -0.05) is 30.4 Å². The van der Waals surface area contributed by atoms with E-state index in [1.165, 1.54) is 24.3 Å². The first-order chi connectivity index (χ1) is 16.1. The molecule has 0 saturated carbocycles. The Labute approximate surface area is 200 Å². The predicted octanol–water partition coefficient (Wildman–Crippen LogP) is 5.57. The van der Waals surface area contributed by atoms with E-state index < -0.39 is 17.6 Å². The van der Waals surface area contributed by atoms with Crippen LogP contribution in [0.4, 0.5) is 18.9 Å². The number of aromatic nitrogens is 1. The Hall–Kier alpha value is -2.65. The minimum Gasteiger partial charge on any atom is -0.480 e. The number of hydrogen-bond acceptors (Lipinski definition) is 5. The summed E-state index contributed by atoms with van der Waals surface area (Å²) in [5.74, 6) is -0.982. The SMILES string of the molecule is Cc1nc(C2=CCC(C)(C(F)(F)F)C=C2)sc1CCN1CCc2cc(COCC(=O)O)ccc21. The fraction of sp³-hybridized carbons (Fsp3) is 0.440. The van der Waals surface area contributed by atoms with Gasteiger partial charge in [-0.2, -0.15) is 13.2 Å². The van der Waals surface area contributed by atoms with E-state index in [0.29, 0.717) is 0 Å². The number of fused-ring (bicyclic) bond motifs is 1. The Morgan fingerprint density at radius 3 is 2.82 bits per heavy atom. The molecule has 9 heteroatoms. The maximum atomic E-state index is 13.3. The Kier molecular flexibility index (Phi) is 6.87. The number of carbonyl (C=O) groups is 1. The number of aliphatic carboxylic acids is 1. The van der Waals surface area contributed by atoms with Crippen LogP contribution in [0.5, 0.6) is 0 Å². The highest BCUT2D eigenvalue weighted by molar-refractivity contribution is 7.12. The van der Waals surface area contributed by atoms with Gasteiger partial charge in [-0.3, -0.25) is 0 Å². The number of nitrogens with zero attached hydrogens (tertiary/aromatic N) is 2. The number of halogens is 3. The van der Waals surface area contributed by atoms with Gasteiger partial charge >= 0.3 is 12.1 Å². The number of benzene rings is 1. The lowest BCUT2D eigenvalue weighted by Gasteiger charge is -2.30. The second-order valence-corrected chi connectivity index (χ2v) is 10.1. The summed E-state index contributed by atoms with van der Waals surface area (Å²) in [5.41, 5.74) is 3.21. The fourth-order valence-corrected chi connectivity index (χ4v) is 5.29. The largest absolute Gasteiger partial charge is 0.480 e. The van der Waals surface area contributed by atoms with Crippen LogP contribution in [0.3, 0.4) is 0 Å². The van der Waals surface area contributed by atoms with E-state index in [-0.39, 0.29) is 19.6 Å². The molecule has 1 aliphatic heterocycles. The zero-order valence-electron chi connectivity index (χ0n) is 19.1. The summed E-state index contributed by atoms with van der Waals surface area (Å²) in [6, 6.07) is 6.09. The number of rotatable bonds is 8. The van der Waals surface area contributed by atoms with Crippen LogP contribution in [0, 0.1) is 12.3 Å². The third kappa shape index (κ3) is 5.20. The highest BCUT2D eigenvalue weighted by atomic mass is 32.1. The third-order valence-corrected chi connectivity index (χ3v) is 7.67. The molecule has 1 aromatic carbocycles. The van der Waals surface area contributed by atoms with E-state index in [2.05, 4.69) is 22.0 Å². The van der Waals surface area contributed by atoms with Gasteiger partial charge in [0.2, 0.25) is 0 Å². The Morgan fingerprint density at radius 1 is 1.35 bits per heavy atom. The Balaban J connectivity index is 1.37. The Morgan fingerprint density at radius 2 is 2.15 bits per heavy atom. The van der Waals surface area contributed by atoms with Gasteiger partial charge in [0.1, 0.15) is 11.6 Å². The second kappa shape index (κ2) is 9.54. The molecule has 1 aliphatic carbocycles. The number of hydrogen-bond donors (Lipinski definition) is 1. The van der Waals surface area contributed by atoms with Gasteiger partial charge in [-0.05, 0) is 43.9 Å². The van der Waals surface area contributed by atoms with Gasteiger partial charge in [0, 0.05) is 35.6 Å². The van der Waals surface area contributed by atoms with Gasteiger partial charge in [0.25, 0.3) is 0 Å². The molecule has 1 N–H and O–H groups in total. The molecule has 0 saturated heterocycles. The summed E-state index contributed by atoms with van der Waals surface area (Å²) in [5, 5.41) is 9.46. The Bertz CT molecular complexity index is 1140. The van der Waals surface area contributed by atoms with Gasteiger partial charge in [0.05, 0.1) is 17.7 Å². The van der Waals surface area contributed by atoms with Crippen molar-refractivity contribution in [3.05, 3.63) is 63.1 Å². The molecule has 1 atom stereocenters. The van der Waals surface area contributed by atoms with Gasteiger partial charge < -0.3 is 14.7 Å². The summed E-state index contributed by atoms with van der Waals surface area (Å²) in [7, 11) is 0. The van der Waals surface area contributed by atoms with Crippen LogP contribution in [-0.4, -0.2) is 41.9 Å². The molecule has 0 amide bonds. The second-order valence-electron chi connectivity index (χ2n) is 8.98. The highest BCUT2D eigenvalue weighted by Gasteiger charge is 2.49. The third-order valence-electron chi connectivity index (χ3n) is 6.40. The van der Waals surface area contributed by atoms with Crippen LogP contribution in [0.1, 0.15) is 40.1 Å². The number of ether oxygens (including phenoxy) is 1. The van der Waals surface area contributed by atoms with Crippen molar-refractivity contribution in [3.8, 4) is 0 Å². The van der Waals surface area contributed by atoms with E-state index in [4.69, 9.17) is 9.84 Å². The lowest BCUT2D eigenvalue weighted by molar-refractivity contribution is -0.199. The van der Waals surface area contributed by atoms with Crippen LogP contribution < -0.4 is 4.90 Å². The number of carboxylic acids is 1. The van der Waals surface area contributed by atoms with Crippen molar-refractivity contribution in [1.82, 2.24) is 4.98 Å². The van der Waals surface area contributed by atoms with Crippen LogP contribution in [0.15, 0.2) is 36.4 Å². The summed E-state index contributed by atoms with van der Waals surface area (Å²) >= 11 is 1.55. The maximum absolute atomic E-state index is 13.3. The topological polar surface area (TPSA) is 62.7 Å². The maximum Gasteiger partial charge on any atom is 0.397 e. The summed E-state index contributed by atoms with van der Waals surface area (Å²) < 4.78 is 45.0. The number of alkyl halides is 3. The zero-order chi connectivity index (χ0) is 24.5. The fourth-order valence-electron chi connectivity index (χ4n) is 4.22. The van der Waals surface area contributed by atoms with Gasteiger partial charge in [0.15, 0.2) is 0 Å². The predicted molar refractivity (Wildman–Crippen MR) is 126 cm³/mol. The first-order valence-corrected chi connectivity index (χ1v) is 12.0. The first-order valence-electron chi connectivity index (χ1n) is 11.1. The molecule has 1 unspecified atom stereocenters. The monoisotopic (exact) mass is 492 g/mol. The number of carboxylic acid groups (broad SMARTS) is 1. The molecule has 0 fully saturated rings. The van der Waals surface area contributed by atoms with E-state index in [1.54, 1.807) is 23.5 Å². The van der Waals surface area contributed by atoms with Crippen molar-refractivity contribution in [2.45, 2.75) is 45.9 Å². The quantitative estimate of drug-likeness (QED) is 0.522. The molecule has 2 aromatic rings. The molecular weight excluding hydrogens is 465 g/mol. The van der Waals surface area contributed by atoms with Crippen molar-refractivity contribution in [3.63, 3.8) is 0 Å². The molecule has 2 heterocycles. The minimum absolute atomic E-state index is 0.0792. The van der Waals surface area contributed by atoms with E-state index in [0.717, 1.165) is 52.6 Å². The molecule has 34 heavy (non-hydrogen) atoms. The number of aryl methyl sites for hydroxylation is 1. The molecule has 2 aliphatic rings. The normalized spacial score (nSPS) is 19.9. The van der Waals surface area contributed by atoms with Crippen molar-refractivity contribution in [1.29, 1.82) is 0 Å². The summed E-state index contributed by atoms with van der Waals surface area (Å²) in [6.07, 6.45) is 1.82. The smallest absolute Gasteiger partial charge is 0.397 e. The zero-order valence-corrected chi connectivity index (χ0v) is 19.9. The lowest BCUT2D eigenvalue weighted by atomic mass is 9.81. The molecule has 0 radical (unpaired) electrons. The van der Waals surface area contributed by atoms with E-state index >= 15 is 0 Å². The van der Waals surface area contributed by atoms with Crippen LogP contribution in [0.2, 0.25) is 0 Å². The van der Waals surface area contributed by atoms with E-state index in [9.17, 15) is 18.0 Å². The standard InChI is InChI=1S/C25H27F3N2O3S/c1-16-21(34-23(29-16)18-5-9-24(2,10-6-18)25(26,27)28)8-12-30-11-7-19-13-17(3-4-20(19)30)14-33-15-22(31)32/h3-6,9,13H,7-8,10-12,14-15H2,1-2H3,(H,31,32). The summed E-state index contributed by atoms with van der Waals surface area (Å²) in [6.45, 7) is 4.86. The minimum atomic E-state index is -4.27. The van der Waals surface area contributed by atoms with E-state index in [1.807, 2.05) is 13.0 Å². The number of anilines is 1. The molecule has 4 rings (SSSR count).